The van der Waals surface area contributed by atoms with Crippen molar-refractivity contribution in [2.24, 2.45) is 0 Å². The Labute approximate surface area is 135 Å². The Bertz CT molecular complexity index is 746. The highest BCUT2D eigenvalue weighted by molar-refractivity contribution is 9.11. The summed E-state index contributed by atoms with van der Waals surface area (Å²) in [4.78, 5) is 27.4. The van der Waals surface area contributed by atoms with Gasteiger partial charge >= 0.3 is 0 Å². The van der Waals surface area contributed by atoms with Gasteiger partial charge in [0.1, 0.15) is 0 Å². The van der Waals surface area contributed by atoms with Crippen LogP contribution in [0, 0.1) is 0 Å². The molecule has 0 radical (unpaired) electrons. The first-order chi connectivity index (χ1) is 9.43. The van der Waals surface area contributed by atoms with Crippen LogP contribution in [0.1, 0.15) is 6.92 Å². The van der Waals surface area contributed by atoms with E-state index in [-0.39, 0.29) is 11.3 Å². The first-order valence-electron chi connectivity index (χ1n) is 5.66. The fourth-order valence-corrected chi connectivity index (χ4v) is 3.83. The zero-order valence-corrected chi connectivity index (χ0v) is 14.3. The third-order valence-electron chi connectivity index (χ3n) is 2.58. The first-order valence-corrected chi connectivity index (χ1v) is 8.23. The highest BCUT2D eigenvalue weighted by Gasteiger charge is 2.13. The molecule has 1 heterocycles. The second-order valence-corrected chi connectivity index (χ2v) is 6.60. The van der Waals surface area contributed by atoms with Crippen LogP contribution in [0.5, 0.6) is 0 Å². The van der Waals surface area contributed by atoms with Crippen molar-refractivity contribution < 1.29 is 9.90 Å². The number of carbonyl (C=O) groups is 1. The molecular formula is C12H9Br2N2O3S-. The van der Waals surface area contributed by atoms with E-state index < -0.39 is 5.97 Å². The van der Waals surface area contributed by atoms with Crippen molar-refractivity contribution >= 4 is 60.5 Å². The molecule has 20 heavy (non-hydrogen) atoms. The number of halogens is 2. The van der Waals surface area contributed by atoms with E-state index >= 15 is 0 Å². The van der Waals surface area contributed by atoms with Crippen LogP contribution < -0.4 is 10.7 Å². The predicted molar refractivity (Wildman–Crippen MR) is 82.8 cm³/mol. The minimum atomic E-state index is -1.19. The number of carbonyl (C=O) groups excluding carboxylic acids is 1. The Morgan fingerprint density at radius 3 is 2.75 bits per heavy atom. The van der Waals surface area contributed by atoms with E-state index in [0.717, 1.165) is 16.2 Å². The van der Waals surface area contributed by atoms with Gasteiger partial charge in [0.15, 0.2) is 5.16 Å². The molecule has 0 aliphatic rings. The highest BCUT2D eigenvalue weighted by atomic mass is 79.9. The van der Waals surface area contributed by atoms with Gasteiger partial charge in [0, 0.05) is 21.2 Å². The van der Waals surface area contributed by atoms with Crippen LogP contribution in [0.3, 0.4) is 0 Å². The lowest BCUT2D eigenvalue weighted by atomic mass is 10.2. The third-order valence-corrected chi connectivity index (χ3v) is 4.59. The van der Waals surface area contributed by atoms with Crippen LogP contribution >= 0.6 is 43.6 Å². The van der Waals surface area contributed by atoms with E-state index in [9.17, 15) is 14.7 Å². The normalized spacial score (nSPS) is 10.9. The number of carboxylic acid groups (broad SMARTS) is 1. The van der Waals surface area contributed by atoms with Crippen molar-refractivity contribution in [1.29, 1.82) is 0 Å². The van der Waals surface area contributed by atoms with E-state index in [2.05, 4.69) is 36.8 Å². The second kappa shape index (κ2) is 6.28. The monoisotopic (exact) mass is 419 g/mol. The maximum absolute atomic E-state index is 12.4. The third kappa shape index (κ3) is 3.07. The molecule has 5 nitrogen and oxygen atoms in total. The van der Waals surface area contributed by atoms with Gasteiger partial charge in [-0.15, -0.1) is 0 Å². The Balaban J connectivity index is 2.70. The second-order valence-electron chi connectivity index (χ2n) is 3.89. The minimum absolute atomic E-state index is 0.194. The number of hydrogen-bond acceptors (Lipinski definition) is 5. The molecule has 2 rings (SSSR count). The van der Waals surface area contributed by atoms with Crippen LogP contribution in [-0.2, 0) is 11.3 Å². The summed E-state index contributed by atoms with van der Waals surface area (Å²) in [5.74, 6) is -1.44. The molecule has 0 fully saturated rings. The molecule has 0 atom stereocenters. The Kier molecular flexibility index (Phi) is 4.87. The Hall–Kier alpha value is -0.860. The number of thioether (sulfide) groups is 1. The standard InChI is InChI=1S/C12H10Br2N2O3S/c1-2-16-11(19)7-3-6(13)4-8(14)10(7)15-12(16)20-5-9(17)18/h3-4H,2,5H2,1H3,(H,17,18)/p-1. The van der Waals surface area contributed by atoms with E-state index in [1.807, 2.05) is 6.92 Å². The summed E-state index contributed by atoms with van der Waals surface area (Å²) in [6, 6.07) is 3.49. The molecule has 0 N–H and O–H groups in total. The van der Waals surface area contributed by atoms with E-state index in [4.69, 9.17) is 0 Å². The molecule has 8 heteroatoms. The average Bonchev–Trinajstić information content (AvgIpc) is 2.37. The zero-order valence-electron chi connectivity index (χ0n) is 10.4. The van der Waals surface area contributed by atoms with Gasteiger partial charge < -0.3 is 9.90 Å². The smallest absolute Gasteiger partial charge is 0.262 e. The van der Waals surface area contributed by atoms with Gasteiger partial charge in [-0.3, -0.25) is 9.36 Å². The summed E-state index contributed by atoms with van der Waals surface area (Å²) in [6.07, 6.45) is 0. The number of aromatic nitrogens is 2. The summed E-state index contributed by atoms with van der Waals surface area (Å²) in [5, 5.41) is 11.4. The largest absolute Gasteiger partial charge is 0.549 e. The first kappa shape index (κ1) is 15.5. The Morgan fingerprint density at radius 1 is 1.45 bits per heavy atom. The van der Waals surface area contributed by atoms with Crippen LogP contribution in [0.25, 0.3) is 10.9 Å². The fourth-order valence-electron chi connectivity index (χ4n) is 1.74. The van der Waals surface area contributed by atoms with Crippen molar-refractivity contribution in [1.82, 2.24) is 9.55 Å². The van der Waals surface area contributed by atoms with Gasteiger partial charge in [0.05, 0.1) is 16.9 Å². The summed E-state index contributed by atoms with van der Waals surface area (Å²) >= 11 is 7.68. The maximum atomic E-state index is 12.4. The molecule has 0 saturated carbocycles. The maximum Gasteiger partial charge on any atom is 0.262 e. The van der Waals surface area contributed by atoms with Crippen LogP contribution in [-0.4, -0.2) is 21.3 Å². The number of aliphatic carboxylic acids is 1. The molecule has 0 saturated heterocycles. The van der Waals surface area contributed by atoms with Gasteiger partial charge in [-0.25, -0.2) is 4.98 Å². The molecule has 0 aliphatic carbocycles. The topological polar surface area (TPSA) is 75.0 Å². The minimum Gasteiger partial charge on any atom is -0.549 e. The summed E-state index contributed by atoms with van der Waals surface area (Å²) in [6.45, 7) is 2.23. The van der Waals surface area contributed by atoms with Gasteiger partial charge in [0.25, 0.3) is 5.56 Å². The lowest BCUT2D eigenvalue weighted by Gasteiger charge is -2.12. The van der Waals surface area contributed by atoms with Crippen molar-refractivity contribution in [2.45, 2.75) is 18.6 Å². The lowest BCUT2D eigenvalue weighted by molar-refractivity contribution is -0.301. The van der Waals surface area contributed by atoms with Gasteiger partial charge in [-0.05, 0) is 35.0 Å². The molecule has 106 valence electrons. The van der Waals surface area contributed by atoms with Crippen LogP contribution in [0.15, 0.2) is 31.0 Å². The van der Waals surface area contributed by atoms with Crippen molar-refractivity contribution in [3.8, 4) is 0 Å². The predicted octanol–water partition coefficient (Wildman–Crippen LogP) is 1.78. The van der Waals surface area contributed by atoms with Crippen LogP contribution in [0.4, 0.5) is 0 Å². The highest BCUT2D eigenvalue weighted by Crippen LogP contribution is 2.27. The Morgan fingerprint density at radius 2 is 2.15 bits per heavy atom. The number of rotatable bonds is 4. The molecule has 1 aromatic heterocycles. The van der Waals surface area contributed by atoms with Crippen molar-refractivity contribution in [2.75, 3.05) is 5.75 Å². The van der Waals surface area contributed by atoms with E-state index in [1.54, 1.807) is 12.1 Å². The van der Waals surface area contributed by atoms with Crippen LogP contribution in [0.2, 0.25) is 0 Å². The van der Waals surface area contributed by atoms with Gasteiger partial charge in [-0.1, -0.05) is 27.7 Å². The van der Waals surface area contributed by atoms with Gasteiger partial charge in [-0.2, -0.15) is 0 Å². The molecule has 0 amide bonds. The van der Waals surface area contributed by atoms with E-state index in [1.165, 1.54) is 4.57 Å². The average molecular weight is 421 g/mol. The number of nitrogens with zero attached hydrogens (tertiary/aromatic N) is 2. The zero-order chi connectivity index (χ0) is 14.9. The molecular weight excluding hydrogens is 412 g/mol. The SMILES string of the molecule is CCn1c(SCC(=O)[O-])nc2c(Br)cc(Br)cc2c1=O. The number of fused-ring (bicyclic) bond motifs is 1. The quantitative estimate of drug-likeness (QED) is 0.556. The molecule has 0 aliphatic heterocycles. The van der Waals surface area contributed by atoms with Gasteiger partial charge in [0.2, 0.25) is 0 Å². The van der Waals surface area contributed by atoms with Crippen molar-refractivity contribution in [3.05, 3.63) is 31.4 Å². The lowest BCUT2D eigenvalue weighted by Crippen LogP contribution is -2.26. The van der Waals surface area contributed by atoms with E-state index in [0.29, 0.717) is 27.1 Å². The summed E-state index contributed by atoms with van der Waals surface area (Å²) in [7, 11) is 0. The molecule has 0 unspecified atom stereocenters. The molecule has 0 spiro atoms. The molecule has 2 aromatic rings. The number of benzene rings is 1. The molecule has 0 bridgehead atoms. The number of carboxylic acids is 1. The summed E-state index contributed by atoms with van der Waals surface area (Å²) < 4.78 is 2.90. The number of hydrogen-bond donors (Lipinski definition) is 0. The summed E-state index contributed by atoms with van der Waals surface area (Å²) in [5.41, 5.74) is 0.323. The van der Waals surface area contributed by atoms with Crippen molar-refractivity contribution in [3.63, 3.8) is 0 Å². The molecule has 1 aromatic carbocycles. The fraction of sp³-hybridized carbons (Fsp3) is 0.250.